The maximum absolute atomic E-state index is 11.8. The first-order valence-corrected chi connectivity index (χ1v) is 8.58. The number of nitrogens with zero attached hydrogens (tertiary/aromatic N) is 1. The van der Waals surface area contributed by atoms with Crippen LogP contribution >= 0.6 is 0 Å². The molecule has 1 aliphatic carbocycles. The van der Waals surface area contributed by atoms with E-state index >= 15 is 0 Å². The van der Waals surface area contributed by atoms with Crippen LogP contribution in [0.2, 0.25) is 0 Å². The highest BCUT2D eigenvalue weighted by molar-refractivity contribution is 5.80. The van der Waals surface area contributed by atoms with Gasteiger partial charge in [0.2, 0.25) is 5.91 Å². The number of carbonyl (C=O) groups is 2. The summed E-state index contributed by atoms with van der Waals surface area (Å²) in [6.45, 7) is -0.00223. The van der Waals surface area contributed by atoms with Gasteiger partial charge >= 0.3 is 5.97 Å². The fourth-order valence-electron chi connectivity index (χ4n) is 3.40. The zero-order valence-corrected chi connectivity index (χ0v) is 14.6. The van der Waals surface area contributed by atoms with E-state index in [4.69, 9.17) is 14.2 Å². The predicted octanol–water partition coefficient (Wildman–Crippen LogP) is 1.97. The molecule has 0 bridgehead atoms. The Hall–Kier alpha value is -2.28. The number of benzene rings is 1. The molecule has 1 heterocycles. The minimum atomic E-state index is -0.400. The quantitative estimate of drug-likeness (QED) is 0.792. The van der Waals surface area contributed by atoms with Crippen molar-refractivity contribution < 1.29 is 23.8 Å². The molecule has 1 unspecified atom stereocenters. The lowest BCUT2D eigenvalue weighted by Gasteiger charge is -2.23. The molecule has 7 nitrogen and oxygen atoms in total. The van der Waals surface area contributed by atoms with Gasteiger partial charge in [-0.25, -0.2) is 5.01 Å². The van der Waals surface area contributed by atoms with E-state index in [0.717, 1.165) is 18.4 Å². The van der Waals surface area contributed by atoms with E-state index in [2.05, 4.69) is 5.43 Å². The van der Waals surface area contributed by atoms with Crippen LogP contribution in [-0.4, -0.2) is 43.8 Å². The van der Waals surface area contributed by atoms with Gasteiger partial charge in [-0.15, -0.1) is 0 Å². The summed E-state index contributed by atoms with van der Waals surface area (Å²) in [5.74, 6) is 0.836. The smallest absolute Gasteiger partial charge is 0.321 e. The number of hydrazine groups is 1. The summed E-state index contributed by atoms with van der Waals surface area (Å²) >= 11 is 0. The predicted molar refractivity (Wildman–Crippen MR) is 90.1 cm³/mol. The lowest BCUT2D eigenvalue weighted by atomic mass is 10.0. The Morgan fingerprint density at radius 1 is 1.24 bits per heavy atom. The fourth-order valence-corrected chi connectivity index (χ4v) is 3.40. The number of carbonyl (C=O) groups excluding carboxylic acids is 2. The van der Waals surface area contributed by atoms with Crippen LogP contribution in [0.5, 0.6) is 11.5 Å². The Kier molecular flexibility index (Phi) is 5.43. The Bertz CT molecular complexity index is 642. The lowest BCUT2D eigenvalue weighted by molar-refractivity contribution is -0.143. The second kappa shape index (κ2) is 7.74. The average molecular weight is 348 g/mol. The van der Waals surface area contributed by atoms with Crippen LogP contribution in [-0.2, 0) is 14.3 Å². The van der Waals surface area contributed by atoms with E-state index in [-0.39, 0.29) is 31.0 Å². The van der Waals surface area contributed by atoms with Crippen molar-refractivity contribution >= 4 is 11.9 Å². The van der Waals surface area contributed by atoms with Crippen LogP contribution < -0.4 is 14.9 Å². The molecule has 1 N–H and O–H groups in total. The van der Waals surface area contributed by atoms with Gasteiger partial charge in [0.1, 0.15) is 6.54 Å². The Morgan fingerprint density at radius 2 is 2.00 bits per heavy atom. The van der Waals surface area contributed by atoms with E-state index < -0.39 is 5.97 Å². The van der Waals surface area contributed by atoms with E-state index in [1.54, 1.807) is 12.1 Å². The molecule has 136 valence electrons. The number of rotatable bonds is 6. The second-order valence-electron chi connectivity index (χ2n) is 6.39. The number of hydrogen-bond donors (Lipinski definition) is 1. The molecule has 1 saturated heterocycles. The van der Waals surface area contributed by atoms with Gasteiger partial charge in [0.15, 0.2) is 11.5 Å². The number of hydrogen-bond acceptors (Lipinski definition) is 6. The van der Waals surface area contributed by atoms with Crippen LogP contribution in [0.25, 0.3) is 0 Å². The number of methoxy groups -OCH3 is 2. The molecule has 1 amide bonds. The lowest BCUT2D eigenvalue weighted by Crippen LogP contribution is -2.39. The van der Waals surface area contributed by atoms with E-state index in [1.807, 2.05) is 18.2 Å². The van der Waals surface area contributed by atoms with Crippen molar-refractivity contribution in [1.82, 2.24) is 10.4 Å². The Morgan fingerprint density at radius 3 is 2.68 bits per heavy atom. The summed E-state index contributed by atoms with van der Waals surface area (Å²) in [5.41, 5.74) is 3.61. The van der Waals surface area contributed by atoms with Gasteiger partial charge in [0, 0.05) is 6.42 Å². The summed E-state index contributed by atoms with van der Waals surface area (Å²) in [6, 6.07) is 5.41. The first kappa shape index (κ1) is 17.5. The molecule has 0 aromatic heterocycles. The van der Waals surface area contributed by atoms with Crippen molar-refractivity contribution in [3.05, 3.63) is 23.8 Å². The van der Waals surface area contributed by atoms with Gasteiger partial charge in [-0.3, -0.25) is 15.0 Å². The van der Waals surface area contributed by atoms with Crippen molar-refractivity contribution in [2.75, 3.05) is 20.8 Å². The van der Waals surface area contributed by atoms with E-state index in [9.17, 15) is 9.59 Å². The third-order valence-electron chi connectivity index (χ3n) is 4.72. The SMILES string of the molecule is COC(=O)CN1NC(=O)CC1c1ccc(OC)c(OC2CCCC2)c1. The maximum atomic E-state index is 11.8. The van der Waals surface area contributed by atoms with Crippen molar-refractivity contribution in [2.24, 2.45) is 0 Å². The van der Waals surface area contributed by atoms with Crippen LogP contribution in [0.1, 0.15) is 43.7 Å². The Balaban J connectivity index is 1.82. The highest BCUT2D eigenvalue weighted by atomic mass is 16.5. The summed E-state index contributed by atoms with van der Waals surface area (Å²) in [7, 11) is 2.94. The van der Waals surface area contributed by atoms with Crippen molar-refractivity contribution in [2.45, 2.75) is 44.2 Å². The van der Waals surface area contributed by atoms with Crippen LogP contribution in [0.15, 0.2) is 18.2 Å². The molecule has 1 aromatic carbocycles. The summed E-state index contributed by atoms with van der Waals surface area (Å²) < 4.78 is 16.2. The number of nitrogens with one attached hydrogen (secondary N) is 1. The van der Waals surface area contributed by atoms with Gasteiger partial charge in [0.05, 0.1) is 26.4 Å². The topological polar surface area (TPSA) is 77.1 Å². The number of amides is 1. The minimum absolute atomic E-state index is 0.00223. The molecular formula is C18H24N2O5. The standard InChI is InChI=1S/C18H24N2O5/c1-23-15-8-7-12(9-16(15)25-13-5-3-4-6-13)14-10-17(21)19-20(14)11-18(22)24-2/h7-9,13-14H,3-6,10-11H2,1-2H3,(H,19,21). The molecule has 7 heteroatoms. The zero-order valence-electron chi connectivity index (χ0n) is 14.6. The minimum Gasteiger partial charge on any atom is -0.493 e. The molecule has 0 spiro atoms. The Labute approximate surface area is 147 Å². The van der Waals surface area contributed by atoms with Crippen molar-refractivity contribution in [1.29, 1.82) is 0 Å². The van der Waals surface area contributed by atoms with Crippen LogP contribution in [0.4, 0.5) is 0 Å². The maximum Gasteiger partial charge on any atom is 0.321 e. The summed E-state index contributed by atoms with van der Waals surface area (Å²) in [5, 5.41) is 1.61. The summed E-state index contributed by atoms with van der Waals surface area (Å²) in [4.78, 5) is 23.4. The molecule has 2 fully saturated rings. The molecule has 1 aliphatic heterocycles. The summed E-state index contributed by atoms with van der Waals surface area (Å²) in [6.07, 6.45) is 4.95. The number of ether oxygens (including phenoxy) is 3. The molecular weight excluding hydrogens is 324 g/mol. The molecule has 3 rings (SSSR count). The van der Waals surface area contributed by atoms with E-state index in [1.165, 1.54) is 20.0 Å². The normalized spacial score (nSPS) is 21.2. The first-order chi connectivity index (χ1) is 12.1. The first-order valence-electron chi connectivity index (χ1n) is 8.58. The average Bonchev–Trinajstić information content (AvgIpc) is 3.24. The van der Waals surface area contributed by atoms with Crippen LogP contribution in [0.3, 0.4) is 0 Å². The molecule has 1 saturated carbocycles. The molecule has 0 radical (unpaired) electrons. The van der Waals surface area contributed by atoms with E-state index in [0.29, 0.717) is 11.5 Å². The van der Waals surface area contributed by atoms with Gasteiger partial charge < -0.3 is 14.2 Å². The second-order valence-corrected chi connectivity index (χ2v) is 6.39. The largest absolute Gasteiger partial charge is 0.493 e. The van der Waals surface area contributed by atoms with Gasteiger partial charge in [-0.1, -0.05) is 6.07 Å². The highest BCUT2D eigenvalue weighted by Crippen LogP contribution is 2.36. The fraction of sp³-hybridized carbons (Fsp3) is 0.556. The molecule has 1 aromatic rings. The highest BCUT2D eigenvalue weighted by Gasteiger charge is 2.33. The van der Waals surface area contributed by atoms with Gasteiger partial charge in [-0.05, 0) is 43.4 Å². The van der Waals surface area contributed by atoms with Gasteiger partial charge in [0.25, 0.3) is 0 Å². The zero-order chi connectivity index (χ0) is 17.8. The monoisotopic (exact) mass is 348 g/mol. The molecule has 25 heavy (non-hydrogen) atoms. The van der Waals surface area contributed by atoms with Gasteiger partial charge in [-0.2, -0.15) is 0 Å². The van der Waals surface area contributed by atoms with Crippen LogP contribution in [0, 0.1) is 0 Å². The molecule has 2 aliphatic rings. The number of esters is 1. The van der Waals surface area contributed by atoms with Crippen molar-refractivity contribution in [3.8, 4) is 11.5 Å². The third kappa shape index (κ3) is 4.04. The van der Waals surface area contributed by atoms with Crippen molar-refractivity contribution in [3.63, 3.8) is 0 Å². The molecule has 1 atom stereocenters. The third-order valence-corrected chi connectivity index (χ3v) is 4.72.